The van der Waals surface area contributed by atoms with E-state index in [1.165, 1.54) is 0 Å². The summed E-state index contributed by atoms with van der Waals surface area (Å²) >= 11 is 12.2. The van der Waals surface area contributed by atoms with Crippen LogP contribution in [-0.2, 0) is 14.9 Å². The Morgan fingerprint density at radius 2 is 1.94 bits per heavy atom. The molecule has 1 saturated carbocycles. The molecule has 1 aliphatic rings. The molecule has 0 spiro atoms. The van der Waals surface area contributed by atoms with Crippen molar-refractivity contribution in [2.75, 3.05) is 12.3 Å². The van der Waals surface area contributed by atoms with E-state index in [-0.39, 0.29) is 5.97 Å². The van der Waals surface area contributed by atoms with Crippen LogP contribution in [0.4, 0.5) is 5.69 Å². The van der Waals surface area contributed by atoms with Crippen LogP contribution in [0.25, 0.3) is 0 Å². The van der Waals surface area contributed by atoms with E-state index in [1.54, 1.807) is 31.2 Å². The van der Waals surface area contributed by atoms with E-state index in [4.69, 9.17) is 33.7 Å². The summed E-state index contributed by atoms with van der Waals surface area (Å²) in [7, 11) is 0. The van der Waals surface area contributed by atoms with Gasteiger partial charge in [0.25, 0.3) is 0 Å². The van der Waals surface area contributed by atoms with Crippen LogP contribution in [-0.4, -0.2) is 16.9 Å². The number of ether oxygens (including phenoxy) is 1. The van der Waals surface area contributed by atoms with E-state index in [0.29, 0.717) is 18.7 Å². The lowest BCUT2D eigenvalue weighted by Crippen LogP contribution is -2.28. The fourth-order valence-corrected chi connectivity index (χ4v) is 2.74. The van der Waals surface area contributed by atoms with Crippen LogP contribution < -0.4 is 5.73 Å². The summed E-state index contributed by atoms with van der Waals surface area (Å²) in [5.74, 6) is -0.380. The van der Waals surface area contributed by atoms with Crippen LogP contribution in [0.2, 0.25) is 0 Å². The monoisotopic (exact) mass is 273 g/mol. The molecule has 2 N–H and O–H groups in total. The van der Waals surface area contributed by atoms with Crippen molar-refractivity contribution in [1.29, 1.82) is 0 Å². The first-order chi connectivity index (χ1) is 7.94. The van der Waals surface area contributed by atoms with Crippen molar-refractivity contribution in [1.82, 2.24) is 0 Å². The summed E-state index contributed by atoms with van der Waals surface area (Å²) in [6, 6.07) is 6.97. The SMILES string of the molecule is CCOC(=O)C1(c2ccc(N)cc2)CC1(Cl)Cl. The molecule has 1 aliphatic carbocycles. The molecule has 2 rings (SSSR count). The largest absolute Gasteiger partial charge is 0.465 e. The first-order valence-electron chi connectivity index (χ1n) is 5.35. The number of esters is 1. The van der Waals surface area contributed by atoms with E-state index in [1.807, 2.05) is 0 Å². The molecule has 0 radical (unpaired) electrons. The van der Waals surface area contributed by atoms with Gasteiger partial charge in [-0.3, -0.25) is 4.79 Å². The minimum atomic E-state index is -1.09. The minimum Gasteiger partial charge on any atom is -0.465 e. The van der Waals surface area contributed by atoms with Crippen molar-refractivity contribution in [2.24, 2.45) is 0 Å². The summed E-state index contributed by atoms with van der Waals surface area (Å²) in [5, 5.41) is 0. The van der Waals surface area contributed by atoms with E-state index in [9.17, 15) is 4.79 Å². The van der Waals surface area contributed by atoms with Gasteiger partial charge in [0.05, 0.1) is 6.61 Å². The van der Waals surface area contributed by atoms with Crippen molar-refractivity contribution in [3.63, 3.8) is 0 Å². The second-order valence-electron chi connectivity index (χ2n) is 4.13. The third-order valence-corrected chi connectivity index (χ3v) is 3.93. The van der Waals surface area contributed by atoms with Gasteiger partial charge in [0, 0.05) is 12.1 Å². The topological polar surface area (TPSA) is 52.3 Å². The van der Waals surface area contributed by atoms with Gasteiger partial charge in [0.1, 0.15) is 9.75 Å². The quantitative estimate of drug-likeness (QED) is 0.523. The minimum absolute atomic E-state index is 0.305. The van der Waals surface area contributed by atoms with E-state index in [2.05, 4.69) is 0 Å². The van der Waals surface area contributed by atoms with Crippen LogP contribution in [0.3, 0.4) is 0 Å². The molecule has 1 atom stereocenters. The number of alkyl halides is 2. The van der Waals surface area contributed by atoms with Gasteiger partial charge in [-0.25, -0.2) is 0 Å². The van der Waals surface area contributed by atoms with Gasteiger partial charge in [-0.15, -0.1) is 0 Å². The second kappa shape index (κ2) is 4.07. The van der Waals surface area contributed by atoms with Crippen molar-refractivity contribution < 1.29 is 9.53 Å². The number of hydrogen-bond donors (Lipinski definition) is 1. The summed E-state index contributed by atoms with van der Waals surface area (Å²) in [5.41, 5.74) is 6.04. The molecule has 17 heavy (non-hydrogen) atoms. The molecule has 0 bridgehead atoms. The summed E-state index contributed by atoms with van der Waals surface area (Å²) in [6.07, 6.45) is 0.367. The van der Waals surface area contributed by atoms with Gasteiger partial charge in [-0.1, -0.05) is 35.3 Å². The maximum Gasteiger partial charge on any atom is 0.319 e. The highest BCUT2D eigenvalue weighted by Crippen LogP contribution is 2.65. The molecule has 5 heteroatoms. The number of hydrogen-bond acceptors (Lipinski definition) is 3. The highest BCUT2D eigenvalue weighted by Gasteiger charge is 2.73. The number of carbonyl (C=O) groups excluding carboxylic acids is 1. The Morgan fingerprint density at radius 1 is 1.41 bits per heavy atom. The number of rotatable bonds is 3. The number of anilines is 1. The lowest BCUT2D eigenvalue weighted by atomic mass is 9.96. The molecule has 1 aromatic rings. The average Bonchev–Trinajstić information content (AvgIpc) is 2.84. The number of benzene rings is 1. The van der Waals surface area contributed by atoms with Gasteiger partial charge in [-0.2, -0.15) is 0 Å². The van der Waals surface area contributed by atoms with E-state index >= 15 is 0 Å². The number of halogens is 2. The van der Waals surface area contributed by atoms with Crippen LogP contribution in [0.15, 0.2) is 24.3 Å². The first kappa shape index (κ1) is 12.5. The molecule has 0 saturated heterocycles. The van der Waals surface area contributed by atoms with Crippen molar-refractivity contribution in [2.45, 2.75) is 23.1 Å². The number of carbonyl (C=O) groups is 1. The molecule has 0 amide bonds. The molecule has 3 nitrogen and oxygen atoms in total. The maximum absolute atomic E-state index is 12.0. The molecule has 0 heterocycles. The standard InChI is InChI=1S/C12H13Cl2NO2/c1-2-17-10(16)11(7-12(11,13)14)8-3-5-9(15)6-4-8/h3-6H,2,7,15H2,1H3. The highest BCUT2D eigenvalue weighted by atomic mass is 35.5. The van der Waals surface area contributed by atoms with Crippen LogP contribution in [0.5, 0.6) is 0 Å². The molecular weight excluding hydrogens is 261 g/mol. The molecular formula is C12H13Cl2NO2. The highest BCUT2D eigenvalue weighted by molar-refractivity contribution is 6.54. The Hall–Kier alpha value is -0.930. The molecule has 1 fully saturated rings. The number of nitrogens with two attached hydrogens (primary N) is 1. The lowest BCUT2D eigenvalue weighted by Gasteiger charge is -2.17. The third kappa shape index (κ3) is 1.87. The smallest absolute Gasteiger partial charge is 0.319 e. The van der Waals surface area contributed by atoms with Crippen molar-refractivity contribution >= 4 is 34.9 Å². The Balaban J connectivity index is 2.37. The van der Waals surface area contributed by atoms with Crippen LogP contribution >= 0.6 is 23.2 Å². The summed E-state index contributed by atoms with van der Waals surface area (Å²) < 4.78 is 3.96. The maximum atomic E-state index is 12.0. The third-order valence-electron chi connectivity index (χ3n) is 3.01. The van der Waals surface area contributed by atoms with Gasteiger partial charge in [0.2, 0.25) is 0 Å². The van der Waals surface area contributed by atoms with Gasteiger partial charge < -0.3 is 10.5 Å². The Kier molecular flexibility index (Phi) is 3.00. The Morgan fingerprint density at radius 3 is 2.35 bits per heavy atom. The zero-order valence-corrected chi connectivity index (χ0v) is 10.9. The zero-order chi connectivity index (χ0) is 12.7. The average molecular weight is 274 g/mol. The fourth-order valence-electron chi connectivity index (χ4n) is 1.96. The van der Waals surface area contributed by atoms with Crippen LogP contribution in [0, 0.1) is 0 Å². The Bertz CT molecular complexity index is 444. The molecule has 1 aromatic carbocycles. The van der Waals surface area contributed by atoms with Gasteiger partial charge >= 0.3 is 5.97 Å². The Labute approximate surface area is 110 Å². The summed E-state index contributed by atoms with van der Waals surface area (Å²) in [6.45, 7) is 2.06. The van der Waals surface area contributed by atoms with Gasteiger partial charge in [-0.05, 0) is 24.6 Å². The zero-order valence-electron chi connectivity index (χ0n) is 9.37. The van der Waals surface area contributed by atoms with Crippen molar-refractivity contribution in [3.8, 4) is 0 Å². The predicted molar refractivity (Wildman–Crippen MR) is 68.2 cm³/mol. The van der Waals surface area contributed by atoms with Crippen molar-refractivity contribution in [3.05, 3.63) is 29.8 Å². The first-order valence-corrected chi connectivity index (χ1v) is 6.11. The second-order valence-corrected chi connectivity index (χ2v) is 5.61. The summed E-state index contributed by atoms with van der Waals surface area (Å²) in [4.78, 5) is 12.0. The van der Waals surface area contributed by atoms with E-state index < -0.39 is 9.75 Å². The molecule has 0 aliphatic heterocycles. The molecule has 0 aromatic heterocycles. The van der Waals surface area contributed by atoms with Gasteiger partial charge in [0.15, 0.2) is 0 Å². The number of nitrogen functional groups attached to an aromatic ring is 1. The normalized spacial score (nSPS) is 25.4. The molecule has 1 unspecified atom stereocenters. The van der Waals surface area contributed by atoms with E-state index in [0.717, 1.165) is 5.56 Å². The predicted octanol–water partition coefficient (Wildman–Crippen LogP) is 2.65. The fraction of sp³-hybridized carbons (Fsp3) is 0.417. The van der Waals surface area contributed by atoms with Crippen LogP contribution in [0.1, 0.15) is 18.9 Å². The lowest BCUT2D eigenvalue weighted by molar-refractivity contribution is -0.146. The molecule has 92 valence electrons.